The Morgan fingerprint density at radius 3 is 2.29 bits per heavy atom. The minimum Gasteiger partial charge on any atom is -0.494 e. The van der Waals surface area contributed by atoms with Gasteiger partial charge in [-0.05, 0) is 41.4 Å². The van der Waals surface area contributed by atoms with Crippen molar-refractivity contribution in [2.24, 2.45) is 0 Å². The number of hydrogen-bond donors (Lipinski definition) is 0. The Balaban J connectivity index is 2.49. The monoisotopic (exact) mass is 273 g/mol. The van der Waals surface area contributed by atoms with E-state index in [9.17, 15) is 4.39 Å². The molecule has 0 aliphatic rings. The molecule has 7 heteroatoms. The summed E-state index contributed by atoms with van der Waals surface area (Å²) in [4.78, 5) is 11.3. The molecule has 2 rings (SSSR count). The van der Waals surface area contributed by atoms with Crippen molar-refractivity contribution in [2.75, 3.05) is 7.11 Å². The van der Waals surface area contributed by atoms with Crippen LogP contribution in [0.3, 0.4) is 0 Å². The zero-order valence-corrected chi connectivity index (χ0v) is 10.1. The number of methoxy groups -OCH3 is 1. The fourth-order valence-electron chi connectivity index (χ4n) is 1.26. The van der Waals surface area contributed by atoms with E-state index in [-0.39, 0.29) is 22.1 Å². The van der Waals surface area contributed by atoms with Crippen LogP contribution in [0.4, 0.5) is 4.39 Å². The molecule has 0 N–H and O–H groups in total. The highest BCUT2D eigenvalue weighted by atomic mass is 35.5. The van der Waals surface area contributed by atoms with Crippen molar-refractivity contribution in [3.8, 4) is 17.1 Å². The molecule has 0 saturated carbocycles. The summed E-state index contributed by atoms with van der Waals surface area (Å²) in [5, 5.41) is -0.0903. The summed E-state index contributed by atoms with van der Waals surface area (Å²) < 4.78 is 18.3. The molecule has 0 unspecified atom stereocenters. The van der Waals surface area contributed by atoms with Crippen molar-refractivity contribution in [3.63, 3.8) is 0 Å². The van der Waals surface area contributed by atoms with Gasteiger partial charge < -0.3 is 4.74 Å². The van der Waals surface area contributed by atoms with Crippen LogP contribution in [-0.2, 0) is 0 Å². The lowest BCUT2D eigenvalue weighted by Gasteiger charge is -2.04. The van der Waals surface area contributed by atoms with Crippen LogP contribution in [0.1, 0.15) is 0 Å². The molecule has 17 heavy (non-hydrogen) atoms. The Labute approximate surface area is 106 Å². The quantitative estimate of drug-likeness (QED) is 0.844. The van der Waals surface area contributed by atoms with Gasteiger partial charge in [-0.3, -0.25) is 0 Å². The Hall–Kier alpha value is -1.46. The molecule has 0 atom stereocenters. The van der Waals surface area contributed by atoms with Crippen LogP contribution in [0, 0.1) is 5.82 Å². The van der Waals surface area contributed by atoms with E-state index in [1.165, 1.54) is 19.2 Å². The van der Waals surface area contributed by atoms with Crippen LogP contribution >= 0.6 is 23.2 Å². The van der Waals surface area contributed by atoms with Gasteiger partial charge in [0.25, 0.3) is 0 Å². The maximum atomic E-state index is 13.5. The van der Waals surface area contributed by atoms with Crippen molar-refractivity contribution in [1.29, 1.82) is 0 Å². The van der Waals surface area contributed by atoms with Crippen LogP contribution in [-0.4, -0.2) is 22.1 Å². The van der Waals surface area contributed by atoms with Gasteiger partial charge in [-0.2, -0.15) is 15.0 Å². The highest BCUT2D eigenvalue weighted by Crippen LogP contribution is 2.24. The van der Waals surface area contributed by atoms with E-state index in [1.54, 1.807) is 6.07 Å². The molecule has 1 aromatic heterocycles. The van der Waals surface area contributed by atoms with Crippen LogP contribution in [0.2, 0.25) is 10.6 Å². The summed E-state index contributed by atoms with van der Waals surface area (Å²) in [6, 6.07) is 4.31. The van der Waals surface area contributed by atoms with Gasteiger partial charge in [0.2, 0.25) is 10.6 Å². The standard InChI is InChI=1S/C10H6Cl2FN3O/c1-17-7-3-2-5(4-6(7)13)8-14-9(11)16-10(12)15-8/h2-4H,1H3. The SMILES string of the molecule is COc1ccc(-c2nc(Cl)nc(Cl)n2)cc1F. The van der Waals surface area contributed by atoms with Gasteiger partial charge in [0.15, 0.2) is 17.4 Å². The van der Waals surface area contributed by atoms with Crippen LogP contribution in [0.15, 0.2) is 18.2 Å². The zero-order chi connectivity index (χ0) is 12.4. The molecule has 1 heterocycles. The molecule has 0 spiro atoms. The molecule has 1 aromatic carbocycles. The second kappa shape index (κ2) is 4.81. The lowest BCUT2D eigenvalue weighted by Crippen LogP contribution is -1.95. The fourth-order valence-corrected chi connectivity index (χ4v) is 1.62. The highest BCUT2D eigenvalue weighted by molar-refractivity contribution is 6.31. The minimum absolute atomic E-state index is 0.0452. The molecular formula is C10H6Cl2FN3O. The summed E-state index contributed by atoms with van der Waals surface area (Å²) in [7, 11) is 1.38. The van der Waals surface area contributed by atoms with E-state index in [4.69, 9.17) is 27.9 Å². The topological polar surface area (TPSA) is 47.9 Å². The highest BCUT2D eigenvalue weighted by Gasteiger charge is 2.09. The fraction of sp³-hybridized carbons (Fsp3) is 0.100. The Kier molecular flexibility index (Phi) is 3.40. The number of benzene rings is 1. The lowest BCUT2D eigenvalue weighted by molar-refractivity contribution is 0.386. The van der Waals surface area contributed by atoms with Gasteiger partial charge in [-0.25, -0.2) is 4.39 Å². The maximum Gasteiger partial charge on any atom is 0.227 e. The number of aromatic nitrogens is 3. The molecule has 2 aromatic rings. The molecule has 0 bridgehead atoms. The van der Waals surface area contributed by atoms with Crippen molar-refractivity contribution in [3.05, 3.63) is 34.6 Å². The molecule has 4 nitrogen and oxygen atoms in total. The second-order valence-corrected chi connectivity index (χ2v) is 3.72. The van der Waals surface area contributed by atoms with E-state index in [1.807, 2.05) is 0 Å². The number of ether oxygens (including phenoxy) is 1. The summed E-state index contributed by atoms with van der Waals surface area (Å²) in [5.74, 6) is -0.172. The molecule has 0 saturated heterocycles. The Morgan fingerprint density at radius 2 is 1.76 bits per heavy atom. The summed E-state index contributed by atoms with van der Waals surface area (Å²) >= 11 is 11.3. The summed E-state index contributed by atoms with van der Waals surface area (Å²) in [6.07, 6.45) is 0. The molecular weight excluding hydrogens is 268 g/mol. The number of halogens is 3. The third kappa shape index (κ3) is 2.62. The first-order chi connectivity index (χ1) is 8.10. The van der Waals surface area contributed by atoms with Gasteiger partial charge in [0.05, 0.1) is 7.11 Å². The maximum absolute atomic E-state index is 13.5. The Bertz CT molecular complexity index is 545. The first kappa shape index (κ1) is 12.0. The van der Waals surface area contributed by atoms with E-state index in [2.05, 4.69) is 15.0 Å². The van der Waals surface area contributed by atoms with E-state index >= 15 is 0 Å². The number of hydrogen-bond acceptors (Lipinski definition) is 4. The molecule has 0 amide bonds. The van der Waals surface area contributed by atoms with Crippen molar-refractivity contribution < 1.29 is 9.13 Å². The smallest absolute Gasteiger partial charge is 0.227 e. The van der Waals surface area contributed by atoms with Crippen molar-refractivity contribution in [1.82, 2.24) is 15.0 Å². The average molecular weight is 274 g/mol. The second-order valence-electron chi connectivity index (χ2n) is 3.05. The third-order valence-electron chi connectivity index (χ3n) is 1.99. The predicted molar refractivity (Wildman–Crippen MR) is 61.8 cm³/mol. The average Bonchev–Trinajstić information content (AvgIpc) is 2.27. The van der Waals surface area contributed by atoms with Crippen molar-refractivity contribution in [2.45, 2.75) is 0 Å². The summed E-state index contributed by atoms with van der Waals surface area (Å²) in [5.41, 5.74) is 0.439. The molecule has 0 aliphatic heterocycles. The van der Waals surface area contributed by atoms with Gasteiger partial charge in [-0.1, -0.05) is 0 Å². The first-order valence-corrected chi connectivity index (χ1v) is 5.26. The number of rotatable bonds is 2. The first-order valence-electron chi connectivity index (χ1n) is 4.51. The predicted octanol–water partition coefficient (Wildman–Crippen LogP) is 2.99. The normalized spacial score (nSPS) is 10.4. The minimum atomic E-state index is -0.516. The van der Waals surface area contributed by atoms with Crippen LogP contribution < -0.4 is 4.74 Å². The molecule has 0 radical (unpaired) electrons. The summed E-state index contributed by atoms with van der Waals surface area (Å²) in [6.45, 7) is 0. The van der Waals surface area contributed by atoms with Crippen LogP contribution in [0.25, 0.3) is 11.4 Å². The van der Waals surface area contributed by atoms with Gasteiger partial charge in [0.1, 0.15) is 0 Å². The lowest BCUT2D eigenvalue weighted by atomic mass is 10.2. The zero-order valence-electron chi connectivity index (χ0n) is 8.62. The van der Waals surface area contributed by atoms with Gasteiger partial charge in [0, 0.05) is 5.56 Å². The molecule has 88 valence electrons. The van der Waals surface area contributed by atoms with Gasteiger partial charge >= 0.3 is 0 Å². The van der Waals surface area contributed by atoms with Gasteiger partial charge in [-0.15, -0.1) is 0 Å². The van der Waals surface area contributed by atoms with E-state index in [0.29, 0.717) is 5.56 Å². The molecule has 0 aliphatic carbocycles. The van der Waals surface area contributed by atoms with E-state index in [0.717, 1.165) is 0 Å². The third-order valence-corrected chi connectivity index (χ3v) is 2.33. The van der Waals surface area contributed by atoms with Crippen molar-refractivity contribution >= 4 is 23.2 Å². The van der Waals surface area contributed by atoms with E-state index < -0.39 is 5.82 Å². The van der Waals surface area contributed by atoms with Crippen LogP contribution in [0.5, 0.6) is 5.75 Å². The molecule has 0 fully saturated rings. The number of nitrogens with zero attached hydrogens (tertiary/aromatic N) is 3. The Morgan fingerprint density at radius 1 is 1.12 bits per heavy atom. The largest absolute Gasteiger partial charge is 0.494 e.